The Balaban J connectivity index is 1.86. The summed E-state index contributed by atoms with van der Waals surface area (Å²) in [6, 6.07) is 9.33. The number of nitrogens with zero attached hydrogens (tertiary/aromatic N) is 2. The smallest absolute Gasteiger partial charge is 0.259 e. The van der Waals surface area contributed by atoms with Crippen LogP contribution in [0.15, 0.2) is 45.9 Å². The molecule has 1 aromatic carbocycles. The van der Waals surface area contributed by atoms with Crippen LogP contribution in [0.1, 0.15) is 36.0 Å². The highest BCUT2D eigenvalue weighted by Gasteiger charge is 2.20. The van der Waals surface area contributed by atoms with E-state index in [0.29, 0.717) is 5.56 Å². The molecule has 0 atom stereocenters. The lowest BCUT2D eigenvalue weighted by Crippen LogP contribution is -2.28. The minimum absolute atomic E-state index is 0.160. The van der Waals surface area contributed by atoms with Crippen molar-refractivity contribution in [3.8, 4) is 0 Å². The standard InChI is InChI=1S/C18H21BrN4OS/c19-13-10-16(17(21-12-13)23-8-3-1-2-4-9-23)18(24)22-14-6-5-7-15(11-14)25-20/h5-7,10-12H,1-4,8-9,20H2,(H,22,24). The average molecular weight is 421 g/mol. The van der Waals surface area contributed by atoms with E-state index in [-0.39, 0.29) is 5.91 Å². The Hall–Kier alpha value is -1.57. The number of anilines is 2. The molecule has 7 heteroatoms. The number of carbonyl (C=O) groups is 1. The Kier molecular flexibility index (Phi) is 6.34. The van der Waals surface area contributed by atoms with Crippen LogP contribution in [0, 0.1) is 0 Å². The predicted octanol–water partition coefficient (Wildman–Crippen LogP) is 4.44. The third-order valence-corrected chi connectivity index (χ3v) is 5.17. The Bertz CT molecular complexity index is 748. The summed E-state index contributed by atoms with van der Waals surface area (Å²) in [7, 11) is 0. The number of pyridine rings is 1. The van der Waals surface area contributed by atoms with Crippen molar-refractivity contribution in [3.05, 3.63) is 46.6 Å². The largest absolute Gasteiger partial charge is 0.356 e. The molecule has 1 fully saturated rings. The molecule has 2 aromatic rings. The van der Waals surface area contributed by atoms with Gasteiger partial charge in [0.15, 0.2) is 0 Å². The third kappa shape index (κ3) is 4.74. The molecule has 5 nitrogen and oxygen atoms in total. The number of hydrogen-bond acceptors (Lipinski definition) is 5. The fourth-order valence-corrected chi connectivity index (χ4v) is 3.66. The maximum Gasteiger partial charge on any atom is 0.259 e. The van der Waals surface area contributed by atoms with Gasteiger partial charge < -0.3 is 10.2 Å². The van der Waals surface area contributed by atoms with E-state index in [1.807, 2.05) is 30.3 Å². The lowest BCUT2D eigenvalue weighted by atomic mass is 10.2. The van der Waals surface area contributed by atoms with Gasteiger partial charge in [-0.15, -0.1) is 0 Å². The normalized spacial score (nSPS) is 14.9. The van der Waals surface area contributed by atoms with Crippen molar-refractivity contribution in [3.63, 3.8) is 0 Å². The van der Waals surface area contributed by atoms with Crippen molar-refractivity contribution < 1.29 is 4.79 Å². The van der Waals surface area contributed by atoms with E-state index in [0.717, 1.165) is 58.8 Å². The first-order valence-corrected chi connectivity index (χ1v) is 10.0. The number of hydrogen-bond donors (Lipinski definition) is 2. The van der Waals surface area contributed by atoms with Crippen LogP contribution in [0.2, 0.25) is 0 Å². The zero-order chi connectivity index (χ0) is 17.6. The monoisotopic (exact) mass is 420 g/mol. The topological polar surface area (TPSA) is 71.2 Å². The SMILES string of the molecule is NSc1cccc(NC(=O)c2cc(Br)cnc2N2CCCCCC2)c1. The van der Waals surface area contributed by atoms with Crippen molar-refractivity contribution >= 4 is 45.3 Å². The Labute approximate surface area is 160 Å². The number of benzene rings is 1. The van der Waals surface area contributed by atoms with Crippen LogP contribution >= 0.6 is 27.9 Å². The summed E-state index contributed by atoms with van der Waals surface area (Å²) in [6.07, 6.45) is 6.49. The summed E-state index contributed by atoms with van der Waals surface area (Å²) in [4.78, 5) is 20.5. The predicted molar refractivity (Wildman–Crippen MR) is 107 cm³/mol. The number of nitrogens with one attached hydrogen (secondary N) is 1. The van der Waals surface area contributed by atoms with Gasteiger partial charge in [-0.1, -0.05) is 18.9 Å². The second-order valence-electron chi connectivity index (χ2n) is 6.03. The molecule has 1 aliphatic rings. The second kappa shape index (κ2) is 8.69. The van der Waals surface area contributed by atoms with Crippen LogP contribution in [-0.4, -0.2) is 24.0 Å². The van der Waals surface area contributed by atoms with E-state index >= 15 is 0 Å². The second-order valence-corrected chi connectivity index (χ2v) is 7.65. The van der Waals surface area contributed by atoms with Gasteiger partial charge in [0.1, 0.15) is 5.82 Å². The van der Waals surface area contributed by atoms with Crippen LogP contribution < -0.4 is 15.4 Å². The molecule has 1 aromatic heterocycles. The lowest BCUT2D eigenvalue weighted by molar-refractivity contribution is 0.102. The molecule has 1 aliphatic heterocycles. The zero-order valence-electron chi connectivity index (χ0n) is 13.9. The number of carbonyl (C=O) groups excluding carboxylic acids is 1. The van der Waals surface area contributed by atoms with Gasteiger partial charge in [-0.2, -0.15) is 0 Å². The minimum Gasteiger partial charge on any atom is -0.356 e. The van der Waals surface area contributed by atoms with Gasteiger partial charge in [-0.3, -0.25) is 9.93 Å². The molecule has 0 unspecified atom stereocenters. The van der Waals surface area contributed by atoms with Gasteiger partial charge in [0.2, 0.25) is 0 Å². The summed E-state index contributed by atoms with van der Waals surface area (Å²) < 4.78 is 0.794. The van der Waals surface area contributed by atoms with E-state index < -0.39 is 0 Å². The molecule has 3 N–H and O–H groups in total. The summed E-state index contributed by atoms with van der Waals surface area (Å²) >= 11 is 4.59. The molecule has 3 rings (SSSR count). The molecule has 1 saturated heterocycles. The van der Waals surface area contributed by atoms with Crippen molar-refractivity contribution in [2.24, 2.45) is 5.14 Å². The van der Waals surface area contributed by atoms with Gasteiger partial charge in [-0.05, 0) is 65.0 Å². The molecule has 0 bridgehead atoms. The molecule has 0 spiro atoms. The first kappa shape index (κ1) is 18.2. The Morgan fingerprint density at radius 1 is 1.20 bits per heavy atom. The number of rotatable bonds is 4. The molecule has 1 amide bonds. The number of halogens is 1. The summed E-state index contributed by atoms with van der Waals surface area (Å²) in [5.41, 5.74) is 1.31. The fourth-order valence-electron chi connectivity index (χ4n) is 2.98. The van der Waals surface area contributed by atoms with Crippen molar-refractivity contribution in [2.75, 3.05) is 23.3 Å². The highest BCUT2D eigenvalue weighted by molar-refractivity contribution is 9.10. The molecule has 0 radical (unpaired) electrons. The van der Waals surface area contributed by atoms with Crippen LogP contribution in [0.4, 0.5) is 11.5 Å². The average Bonchev–Trinajstić information content (AvgIpc) is 2.91. The number of nitrogens with two attached hydrogens (primary N) is 1. The number of amides is 1. The van der Waals surface area contributed by atoms with Gasteiger partial charge in [0.25, 0.3) is 5.91 Å². The molecular weight excluding hydrogens is 400 g/mol. The molecule has 2 heterocycles. The van der Waals surface area contributed by atoms with Crippen molar-refractivity contribution in [2.45, 2.75) is 30.6 Å². The number of aromatic nitrogens is 1. The minimum atomic E-state index is -0.160. The van der Waals surface area contributed by atoms with Crippen molar-refractivity contribution in [1.82, 2.24) is 4.98 Å². The molecular formula is C18H21BrN4OS. The van der Waals surface area contributed by atoms with E-state index in [9.17, 15) is 4.79 Å². The zero-order valence-corrected chi connectivity index (χ0v) is 16.3. The Morgan fingerprint density at radius 3 is 2.68 bits per heavy atom. The van der Waals surface area contributed by atoms with E-state index in [1.165, 1.54) is 12.8 Å². The maximum atomic E-state index is 12.9. The van der Waals surface area contributed by atoms with Crippen LogP contribution in [0.25, 0.3) is 0 Å². The highest BCUT2D eigenvalue weighted by Crippen LogP contribution is 2.26. The first-order chi connectivity index (χ1) is 12.2. The fraction of sp³-hybridized carbons (Fsp3) is 0.333. The van der Waals surface area contributed by atoms with Crippen molar-refractivity contribution in [1.29, 1.82) is 0 Å². The molecule has 132 valence electrons. The van der Waals surface area contributed by atoms with Gasteiger partial charge in [0, 0.05) is 34.3 Å². The van der Waals surface area contributed by atoms with Gasteiger partial charge in [0.05, 0.1) is 5.56 Å². The summed E-state index contributed by atoms with van der Waals surface area (Å²) in [5.74, 6) is 0.596. The molecule has 0 saturated carbocycles. The lowest BCUT2D eigenvalue weighted by Gasteiger charge is -2.24. The van der Waals surface area contributed by atoms with Gasteiger partial charge >= 0.3 is 0 Å². The maximum absolute atomic E-state index is 12.9. The van der Waals surface area contributed by atoms with E-state index in [4.69, 9.17) is 5.14 Å². The summed E-state index contributed by atoms with van der Waals surface area (Å²) in [5, 5.41) is 8.56. The molecule has 25 heavy (non-hydrogen) atoms. The van der Waals surface area contributed by atoms with Crippen LogP contribution in [0.3, 0.4) is 0 Å². The van der Waals surface area contributed by atoms with E-state index in [1.54, 1.807) is 6.20 Å². The van der Waals surface area contributed by atoms with Crippen LogP contribution in [0.5, 0.6) is 0 Å². The molecule has 0 aliphatic carbocycles. The first-order valence-electron chi connectivity index (χ1n) is 8.36. The quantitative estimate of drug-likeness (QED) is 0.715. The third-order valence-electron chi connectivity index (χ3n) is 4.21. The Morgan fingerprint density at radius 2 is 1.96 bits per heavy atom. The van der Waals surface area contributed by atoms with Crippen LogP contribution in [-0.2, 0) is 0 Å². The summed E-state index contributed by atoms with van der Waals surface area (Å²) in [6.45, 7) is 1.88. The van der Waals surface area contributed by atoms with E-state index in [2.05, 4.69) is 31.1 Å². The van der Waals surface area contributed by atoms with Gasteiger partial charge in [-0.25, -0.2) is 4.98 Å². The highest BCUT2D eigenvalue weighted by atomic mass is 79.9.